The standard InChI is InChI=1S/C21H18N8/c1-13-10-16(4-3-9-22)11-14(2)18(13)26-21-28-19(24)27-20(29-21)25-17-7-5-15(12-23)6-8-17/h3-8,10-11H,1-2H3,(H4,24,25,26,27,28,29)/b4-3+. The van der Waals surface area contributed by atoms with Crippen LogP contribution in [0.3, 0.4) is 0 Å². The third-order valence-electron chi connectivity index (χ3n) is 4.06. The summed E-state index contributed by atoms with van der Waals surface area (Å²) in [5, 5.41) is 23.8. The maximum Gasteiger partial charge on any atom is 0.233 e. The first-order chi connectivity index (χ1) is 14.0. The molecule has 0 spiro atoms. The number of hydrogen-bond donors (Lipinski definition) is 3. The van der Waals surface area contributed by atoms with Crippen molar-refractivity contribution in [1.82, 2.24) is 15.0 Å². The van der Waals surface area contributed by atoms with E-state index in [2.05, 4.69) is 31.7 Å². The van der Waals surface area contributed by atoms with E-state index >= 15 is 0 Å². The maximum absolute atomic E-state index is 8.89. The van der Waals surface area contributed by atoms with Gasteiger partial charge >= 0.3 is 0 Å². The SMILES string of the molecule is Cc1cc(/C=C/C#N)cc(C)c1Nc1nc(N)nc(Nc2ccc(C#N)cc2)n1. The first kappa shape index (κ1) is 19.3. The Labute approximate surface area is 168 Å². The van der Waals surface area contributed by atoms with Crippen LogP contribution in [-0.4, -0.2) is 15.0 Å². The molecule has 3 aromatic rings. The topological polar surface area (TPSA) is 136 Å². The molecule has 0 aliphatic heterocycles. The van der Waals surface area contributed by atoms with E-state index in [-0.39, 0.29) is 11.9 Å². The highest BCUT2D eigenvalue weighted by Gasteiger charge is 2.10. The lowest BCUT2D eigenvalue weighted by Crippen LogP contribution is -2.08. The number of aryl methyl sites for hydroxylation is 2. The molecular weight excluding hydrogens is 364 g/mol. The van der Waals surface area contributed by atoms with Crippen molar-refractivity contribution < 1.29 is 0 Å². The van der Waals surface area contributed by atoms with Gasteiger partial charge in [-0.15, -0.1) is 0 Å². The molecule has 4 N–H and O–H groups in total. The van der Waals surface area contributed by atoms with Gasteiger partial charge < -0.3 is 16.4 Å². The smallest absolute Gasteiger partial charge is 0.233 e. The first-order valence-corrected chi connectivity index (χ1v) is 8.71. The van der Waals surface area contributed by atoms with E-state index in [1.165, 1.54) is 6.08 Å². The van der Waals surface area contributed by atoms with Gasteiger partial charge in [-0.25, -0.2) is 0 Å². The second kappa shape index (κ2) is 8.51. The largest absolute Gasteiger partial charge is 0.368 e. The number of rotatable bonds is 5. The summed E-state index contributed by atoms with van der Waals surface area (Å²) in [6.45, 7) is 3.92. The average molecular weight is 382 g/mol. The van der Waals surface area contributed by atoms with Crippen molar-refractivity contribution >= 4 is 35.3 Å². The maximum atomic E-state index is 8.89. The Morgan fingerprint density at radius 3 is 2.14 bits per heavy atom. The minimum atomic E-state index is 0.0718. The summed E-state index contributed by atoms with van der Waals surface area (Å²) in [5.41, 5.74) is 10.9. The molecule has 1 aromatic heterocycles. The van der Waals surface area contributed by atoms with Crippen LogP contribution in [0.15, 0.2) is 42.5 Å². The molecule has 0 aliphatic carbocycles. The highest BCUT2D eigenvalue weighted by molar-refractivity contribution is 5.68. The van der Waals surface area contributed by atoms with E-state index in [4.69, 9.17) is 16.3 Å². The zero-order valence-electron chi connectivity index (χ0n) is 15.9. The second-order valence-electron chi connectivity index (χ2n) is 6.27. The summed E-state index contributed by atoms with van der Waals surface area (Å²) >= 11 is 0. The van der Waals surface area contributed by atoms with E-state index in [1.807, 2.05) is 32.0 Å². The van der Waals surface area contributed by atoms with Gasteiger partial charge in [0.2, 0.25) is 17.8 Å². The van der Waals surface area contributed by atoms with Crippen molar-refractivity contribution in [3.05, 3.63) is 64.7 Å². The zero-order valence-corrected chi connectivity index (χ0v) is 15.9. The van der Waals surface area contributed by atoms with Gasteiger partial charge in [-0.05, 0) is 73.0 Å². The molecule has 0 saturated carbocycles. The predicted octanol–water partition coefficient (Wildman–Crippen LogP) is 3.97. The van der Waals surface area contributed by atoms with Gasteiger partial charge in [0, 0.05) is 17.5 Å². The molecule has 0 fully saturated rings. The van der Waals surface area contributed by atoms with E-state index in [0.29, 0.717) is 11.5 Å². The Morgan fingerprint density at radius 1 is 0.931 bits per heavy atom. The van der Waals surface area contributed by atoms with Crippen molar-refractivity contribution in [2.24, 2.45) is 0 Å². The molecule has 0 aliphatic rings. The van der Waals surface area contributed by atoms with E-state index in [1.54, 1.807) is 30.3 Å². The summed E-state index contributed by atoms with van der Waals surface area (Å²) in [6, 6.07) is 14.9. The molecule has 0 bridgehead atoms. The van der Waals surface area contributed by atoms with Crippen molar-refractivity contribution in [3.63, 3.8) is 0 Å². The average Bonchev–Trinajstić information content (AvgIpc) is 2.69. The summed E-state index contributed by atoms with van der Waals surface area (Å²) in [6.07, 6.45) is 3.19. The van der Waals surface area contributed by atoms with Crippen LogP contribution in [0.4, 0.5) is 29.2 Å². The molecular formula is C21H18N8. The highest BCUT2D eigenvalue weighted by atomic mass is 15.2. The van der Waals surface area contributed by atoms with Gasteiger partial charge in [0.15, 0.2) is 0 Å². The molecule has 29 heavy (non-hydrogen) atoms. The minimum Gasteiger partial charge on any atom is -0.368 e. The van der Waals surface area contributed by atoms with Crippen LogP contribution >= 0.6 is 0 Å². The van der Waals surface area contributed by atoms with Crippen molar-refractivity contribution in [2.45, 2.75) is 13.8 Å². The molecule has 0 atom stereocenters. The molecule has 3 rings (SSSR count). The molecule has 2 aromatic carbocycles. The van der Waals surface area contributed by atoms with Crippen LogP contribution < -0.4 is 16.4 Å². The normalized spacial score (nSPS) is 10.3. The summed E-state index contributed by atoms with van der Waals surface area (Å²) in [4.78, 5) is 12.6. The van der Waals surface area contributed by atoms with Gasteiger partial charge in [0.05, 0.1) is 17.7 Å². The Hall–Kier alpha value is -4.43. The molecule has 1 heterocycles. The number of nitrogens with two attached hydrogens (primary N) is 1. The van der Waals surface area contributed by atoms with E-state index in [9.17, 15) is 0 Å². The van der Waals surface area contributed by atoms with Gasteiger partial charge in [-0.3, -0.25) is 0 Å². The van der Waals surface area contributed by atoms with Gasteiger partial charge in [-0.2, -0.15) is 25.5 Å². The van der Waals surface area contributed by atoms with Gasteiger partial charge in [-0.1, -0.05) is 0 Å². The van der Waals surface area contributed by atoms with Crippen LogP contribution in [0.2, 0.25) is 0 Å². The highest BCUT2D eigenvalue weighted by Crippen LogP contribution is 2.26. The third-order valence-corrected chi connectivity index (χ3v) is 4.06. The van der Waals surface area contributed by atoms with Crippen LogP contribution in [-0.2, 0) is 0 Å². The fourth-order valence-electron chi connectivity index (χ4n) is 2.80. The third kappa shape index (κ3) is 4.85. The number of nitrogen functional groups attached to an aromatic ring is 1. The molecule has 0 radical (unpaired) electrons. The number of benzene rings is 2. The van der Waals surface area contributed by atoms with Crippen LogP contribution in [0.25, 0.3) is 6.08 Å². The van der Waals surface area contributed by atoms with Crippen LogP contribution in [0.1, 0.15) is 22.3 Å². The predicted molar refractivity (Wildman–Crippen MR) is 113 cm³/mol. The number of nitrogens with one attached hydrogen (secondary N) is 2. The van der Waals surface area contributed by atoms with Crippen LogP contribution in [0.5, 0.6) is 0 Å². The fourth-order valence-corrected chi connectivity index (χ4v) is 2.80. The number of hydrogen-bond acceptors (Lipinski definition) is 8. The number of nitriles is 2. The minimum absolute atomic E-state index is 0.0718. The first-order valence-electron chi connectivity index (χ1n) is 8.71. The molecule has 0 unspecified atom stereocenters. The summed E-state index contributed by atoms with van der Waals surface area (Å²) in [7, 11) is 0. The number of aromatic nitrogens is 3. The van der Waals surface area contributed by atoms with Crippen molar-refractivity contribution in [1.29, 1.82) is 10.5 Å². The quantitative estimate of drug-likeness (QED) is 0.564. The fraction of sp³-hybridized carbons (Fsp3) is 0.0952. The molecule has 0 saturated heterocycles. The van der Waals surface area contributed by atoms with E-state index < -0.39 is 0 Å². The lowest BCUT2D eigenvalue weighted by molar-refractivity contribution is 1.07. The van der Waals surface area contributed by atoms with Gasteiger partial charge in [0.25, 0.3) is 0 Å². The number of allylic oxidation sites excluding steroid dienone is 1. The second-order valence-corrected chi connectivity index (χ2v) is 6.27. The van der Waals surface area contributed by atoms with E-state index in [0.717, 1.165) is 28.1 Å². The Balaban J connectivity index is 1.86. The molecule has 0 amide bonds. The molecule has 142 valence electrons. The van der Waals surface area contributed by atoms with Crippen molar-refractivity contribution in [3.8, 4) is 12.1 Å². The summed E-state index contributed by atoms with van der Waals surface area (Å²) in [5.74, 6) is 0.663. The van der Waals surface area contributed by atoms with Crippen LogP contribution in [0, 0.1) is 36.5 Å². The number of nitrogens with zero attached hydrogens (tertiary/aromatic N) is 5. The molecule has 8 nitrogen and oxygen atoms in total. The zero-order chi connectivity index (χ0) is 20.8. The van der Waals surface area contributed by atoms with Gasteiger partial charge in [0.1, 0.15) is 0 Å². The number of anilines is 5. The summed E-state index contributed by atoms with van der Waals surface area (Å²) < 4.78 is 0. The monoisotopic (exact) mass is 382 g/mol. The Kier molecular flexibility index (Phi) is 5.67. The Bertz CT molecular complexity index is 1130. The molecule has 8 heteroatoms. The lowest BCUT2D eigenvalue weighted by atomic mass is 10.0. The van der Waals surface area contributed by atoms with Crippen molar-refractivity contribution in [2.75, 3.05) is 16.4 Å². The Morgan fingerprint density at radius 2 is 1.55 bits per heavy atom. The lowest BCUT2D eigenvalue weighted by Gasteiger charge is -2.14.